The second kappa shape index (κ2) is 6.60. The molecule has 0 bridgehead atoms. The van der Waals surface area contributed by atoms with Gasteiger partial charge >= 0.3 is 6.85 Å². The third-order valence-electron chi connectivity index (χ3n) is 7.97. The highest BCUT2D eigenvalue weighted by molar-refractivity contribution is 6.88. The lowest BCUT2D eigenvalue weighted by Gasteiger charge is -2.34. The number of hydrogen-bond donors (Lipinski definition) is 0. The molecule has 0 unspecified atom stereocenters. The van der Waals surface area contributed by atoms with E-state index in [9.17, 15) is 0 Å². The van der Waals surface area contributed by atoms with Gasteiger partial charge in [0.1, 0.15) is 11.5 Å². The van der Waals surface area contributed by atoms with Gasteiger partial charge in [0.15, 0.2) is 0 Å². The van der Waals surface area contributed by atoms with Gasteiger partial charge in [-0.25, -0.2) is 0 Å². The van der Waals surface area contributed by atoms with Gasteiger partial charge in [-0.1, -0.05) is 90.1 Å². The molecule has 2 aliphatic heterocycles. The summed E-state index contributed by atoms with van der Waals surface area (Å²) in [5.74, 6) is 1.95. The molecule has 3 heteroatoms. The fraction of sp³-hybridized carbons (Fsp3) is 0.250. The molecule has 172 valence electrons. The van der Waals surface area contributed by atoms with E-state index >= 15 is 0 Å². The Morgan fingerprint density at radius 2 is 1.34 bits per heavy atom. The van der Waals surface area contributed by atoms with Crippen LogP contribution in [0.2, 0.25) is 0 Å². The Kier molecular flexibility index (Phi) is 3.94. The molecule has 0 aliphatic carbocycles. The Labute approximate surface area is 207 Å². The van der Waals surface area contributed by atoms with Gasteiger partial charge in [0.25, 0.3) is 0 Å². The number of aromatic nitrogens is 1. The summed E-state index contributed by atoms with van der Waals surface area (Å²) in [4.78, 5) is 0. The minimum atomic E-state index is 0.0659. The zero-order valence-electron chi connectivity index (χ0n) is 21.4. The van der Waals surface area contributed by atoms with Crippen molar-refractivity contribution in [2.45, 2.75) is 52.4 Å². The van der Waals surface area contributed by atoms with Gasteiger partial charge in [-0.15, -0.1) is 0 Å². The molecule has 2 aliphatic rings. The molecule has 2 nitrogen and oxygen atoms in total. The van der Waals surface area contributed by atoms with Gasteiger partial charge in [0.2, 0.25) is 0 Å². The molecule has 7 rings (SSSR count). The predicted molar refractivity (Wildman–Crippen MR) is 149 cm³/mol. The van der Waals surface area contributed by atoms with Crippen molar-refractivity contribution in [2.75, 3.05) is 0 Å². The van der Waals surface area contributed by atoms with Crippen LogP contribution in [0, 0.1) is 0 Å². The van der Waals surface area contributed by atoms with Gasteiger partial charge in [0.05, 0.1) is 0 Å². The second-order valence-electron chi connectivity index (χ2n) is 12.3. The van der Waals surface area contributed by atoms with Gasteiger partial charge in [0, 0.05) is 32.8 Å². The second-order valence-corrected chi connectivity index (χ2v) is 12.3. The van der Waals surface area contributed by atoms with Crippen LogP contribution in [0.4, 0.5) is 0 Å². The van der Waals surface area contributed by atoms with Crippen molar-refractivity contribution in [2.24, 2.45) is 0 Å². The van der Waals surface area contributed by atoms with Crippen LogP contribution < -0.4 is 15.7 Å². The van der Waals surface area contributed by atoms with Gasteiger partial charge < -0.3 is 9.21 Å². The molecular weight excluding hydrogens is 425 g/mol. The highest BCUT2D eigenvalue weighted by Gasteiger charge is 2.41. The van der Waals surface area contributed by atoms with Crippen molar-refractivity contribution in [3.63, 3.8) is 0 Å². The fourth-order valence-corrected chi connectivity index (χ4v) is 6.06. The molecular formula is C32H30BNO. The zero-order valence-corrected chi connectivity index (χ0v) is 21.4. The summed E-state index contributed by atoms with van der Waals surface area (Å²) in [7, 11) is 0. The minimum Gasteiger partial charge on any atom is -0.458 e. The summed E-state index contributed by atoms with van der Waals surface area (Å²) < 4.78 is 9.19. The lowest BCUT2D eigenvalue weighted by Crippen LogP contribution is -2.54. The highest BCUT2D eigenvalue weighted by atomic mass is 16.5. The van der Waals surface area contributed by atoms with Crippen LogP contribution in [0.15, 0.2) is 72.8 Å². The van der Waals surface area contributed by atoms with E-state index in [1.165, 1.54) is 55.0 Å². The molecule has 0 spiro atoms. The predicted octanol–water partition coefficient (Wildman–Crippen LogP) is 7.13. The van der Waals surface area contributed by atoms with Gasteiger partial charge in [-0.3, -0.25) is 0 Å². The Hall–Kier alpha value is -3.46. The smallest absolute Gasteiger partial charge is 0.336 e. The van der Waals surface area contributed by atoms with Crippen molar-refractivity contribution in [3.05, 3.63) is 83.9 Å². The van der Waals surface area contributed by atoms with E-state index in [0.717, 1.165) is 11.5 Å². The summed E-state index contributed by atoms with van der Waals surface area (Å²) in [5, 5.41) is 2.67. The number of ether oxygens (including phenoxy) is 1. The van der Waals surface area contributed by atoms with E-state index in [4.69, 9.17) is 4.74 Å². The summed E-state index contributed by atoms with van der Waals surface area (Å²) in [6, 6.07) is 27.2. The average molecular weight is 455 g/mol. The fourth-order valence-electron chi connectivity index (χ4n) is 6.06. The monoisotopic (exact) mass is 455 g/mol. The van der Waals surface area contributed by atoms with Gasteiger partial charge in [-0.05, 0) is 57.2 Å². The quantitative estimate of drug-likeness (QED) is 0.222. The maximum Gasteiger partial charge on any atom is 0.336 e. The Bertz CT molecular complexity index is 1690. The molecule has 1 aromatic heterocycles. The molecule has 35 heavy (non-hydrogen) atoms. The number of para-hydroxylation sites is 1. The van der Waals surface area contributed by atoms with Crippen LogP contribution in [0.25, 0.3) is 32.9 Å². The van der Waals surface area contributed by atoms with E-state index in [1.807, 2.05) is 0 Å². The summed E-state index contributed by atoms with van der Waals surface area (Å²) in [6.45, 7) is 13.7. The Balaban J connectivity index is 1.61. The number of nitrogens with zero attached hydrogens (tertiary/aromatic N) is 1. The number of rotatable bonds is 0. The molecule has 0 N–H and O–H groups in total. The minimum absolute atomic E-state index is 0.0659. The molecule has 5 aromatic rings. The number of hydrogen-bond acceptors (Lipinski definition) is 1. The number of fused-ring (bicyclic) bond motifs is 7. The first-order valence-corrected chi connectivity index (χ1v) is 12.7. The largest absolute Gasteiger partial charge is 0.458 e. The maximum atomic E-state index is 6.61. The lowest BCUT2D eigenvalue weighted by molar-refractivity contribution is 0.483. The SMILES string of the molecule is CC(C)(C)c1ccc2c(c1)Oc1cccc3c1B2n1c2ccc(C(C)(C)C)cc2c2cccc-3c21. The van der Waals surface area contributed by atoms with E-state index in [-0.39, 0.29) is 17.7 Å². The third-order valence-corrected chi connectivity index (χ3v) is 7.97. The van der Waals surface area contributed by atoms with Crippen molar-refractivity contribution in [1.82, 2.24) is 4.48 Å². The molecule has 0 amide bonds. The first-order valence-electron chi connectivity index (χ1n) is 12.7. The van der Waals surface area contributed by atoms with Gasteiger partial charge in [-0.2, -0.15) is 0 Å². The number of benzene rings is 4. The van der Waals surface area contributed by atoms with Crippen LogP contribution in [0.5, 0.6) is 11.5 Å². The molecule has 4 aromatic carbocycles. The van der Waals surface area contributed by atoms with Crippen molar-refractivity contribution < 1.29 is 4.74 Å². The molecule has 0 atom stereocenters. The standard InChI is InChI=1S/C32H30BNO/c1-31(2,3)19-14-16-26-24(17-19)23-11-7-10-22-21-9-8-12-27-29(21)33(34(26)30(22)23)25-15-13-20(32(4,5)6)18-28(25)35-27/h7-18H,1-6H3. The Morgan fingerprint density at radius 3 is 2.11 bits per heavy atom. The van der Waals surface area contributed by atoms with Crippen LogP contribution in [-0.2, 0) is 10.8 Å². The summed E-state index contributed by atoms with van der Waals surface area (Å²) in [6.07, 6.45) is 0. The van der Waals surface area contributed by atoms with E-state index in [1.54, 1.807) is 0 Å². The summed E-state index contributed by atoms with van der Waals surface area (Å²) in [5.41, 5.74) is 10.6. The normalized spacial score (nSPS) is 14.2. The highest BCUT2D eigenvalue weighted by Crippen LogP contribution is 2.43. The van der Waals surface area contributed by atoms with Crippen LogP contribution in [0.3, 0.4) is 0 Å². The van der Waals surface area contributed by atoms with Crippen molar-refractivity contribution >= 4 is 39.6 Å². The van der Waals surface area contributed by atoms with E-state index < -0.39 is 0 Å². The first-order chi connectivity index (χ1) is 16.6. The molecule has 0 saturated carbocycles. The maximum absolute atomic E-state index is 6.61. The topological polar surface area (TPSA) is 14.2 Å². The molecule has 0 fully saturated rings. The van der Waals surface area contributed by atoms with Crippen LogP contribution in [-0.4, -0.2) is 11.3 Å². The zero-order chi connectivity index (χ0) is 24.3. The average Bonchev–Trinajstić information content (AvgIpc) is 3.14. The summed E-state index contributed by atoms with van der Waals surface area (Å²) >= 11 is 0. The lowest BCUT2D eigenvalue weighted by atomic mass is 9.46. The molecule has 0 radical (unpaired) electrons. The van der Waals surface area contributed by atoms with Crippen molar-refractivity contribution in [1.29, 1.82) is 0 Å². The van der Waals surface area contributed by atoms with E-state index in [2.05, 4.69) is 119 Å². The Morgan fingerprint density at radius 1 is 0.657 bits per heavy atom. The van der Waals surface area contributed by atoms with E-state index in [0.29, 0.717) is 0 Å². The third kappa shape index (κ3) is 2.78. The van der Waals surface area contributed by atoms with Crippen LogP contribution in [0.1, 0.15) is 52.7 Å². The van der Waals surface area contributed by atoms with Crippen LogP contribution >= 0.6 is 0 Å². The molecule has 3 heterocycles. The van der Waals surface area contributed by atoms with Crippen molar-refractivity contribution in [3.8, 4) is 22.6 Å². The first kappa shape index (κ1) is 20.9. The molecule has 0 saturated heterocycles.